The molecule has 1 N–H and O–H groups in total. The maximum Gasteiger partial charge on any atom is 0.244 e. The van der Waals surface area contributed by atoms with Crippen LogP contribution in [0.1, 0.15) is 37.5 Å². The van der Waals surface area contributed by atoms with Gasteiger partial charge in [-0.15, -0.1) is 0 Å². The largest absolute Gasteiger partial charge is 0.354 e. The molecular formula is C25H34ClN3O4S. The molecule has 0 saturated carbocycles. The summed E-state index contributed by atoms with van der Waals surface area (Å²) in [6, 6.07) is 11.6. The summed E-state index contributed by atoms with van der Waals surface area (Å²) >= 11 is 6.32. The molecule has 2 rings (SSSR count). The fraction of sp³-hybridized carbons (Fsp3) is 0.440. The van der Waals surface area contributed by atoms with Crippen molar-refractivity contribution in [1.82, 2.24) is 10.2 Å². The van der Waals surface area contributed by atoms with Crippen LogP contribution in [-0.4, -0.2) is 50.5 Å². The van der Waals surface area contributed by atoms with Crippen molar-refractivity contribution < 1.29 is 18.0 Å². The molecule has 7 nitrogen and oxygen atoms in total. The molecule has 0 radical (unpaired) electrons. The van der Waals surface area contributed by atoms with E-state index in [4.69, 9.17) is 11.6 Å². The number of carbonyl (C=O) groups is 2. The number of amides is 2. The quantitative estimate of drug-likeness (QED) is 0.528. The maximum absolute atomic E-state index is 13.5. The molecule has 0 aromatic heterocycles. The molecule has 2 amide bonds. The summed E-state index contributed by atoms with van der Waals surface area (Å²) in [6.07, 6.45) is 1.07. The Morgan fingerprint density at radius 1 is 1.06 bits per heavy atom. The third-order valence-electron chi connectivity index (χ3n) is 5.45. The average molecular weight is 508 g/mol. The third-order valence-corrected chi connectivity index (χ3v) is 6.95. The van der Waals surface area contributed by atoms with Gasteiger partial charge in [-0.3, -0.25) is 13.9 Å². The van der Waals surface area contributed by atoms with Crippen molar-refractivity contribution in [2.24, 2.45) is 5.92 Å². The first-order valence-electron chi connectivity index (χ1n) is 11.2. The van der Waals surface area contributed by atoms with Gasteiger partial charge in [0.1, 0.15) is 12.6 Å². The van der Waals surface area contributed by atoms with E-state index in [0.717, 1.165) is 21.7 Å². The Labute approximate surface area is 208 Å². The van der Waals surface area contributed by atoms with E-state index in [1.54, 1.807) is 50.2 Å². The number of nitrogens with one attached hydrogen (secondary N) is 1. The van der Waals surface area contributed by atoms with E-state index >= 15 is 0 Å². The van der Waals surface area contributed by atoms with Crippen molar-refractivity contribution in [3.05, 3.63) is 64.2 Å². The van der Waals surface area contributed by atoms with E-state index in [1.165, 1.54) is 4.90 Å². The normalized spacial score (nSPS) is 12.4. The van der Waals surface area contributed by atoms with Gasteiger partial charge >= 0.3 is 0 Å². The van der Waals surface area contributed by atoms with Crippen LogP contribution in [0.3, 0.4) is 0 Å². The van der Waals surface area contributed by atoms with Crippen LogP contribution in [-0.2, 0) is 26.2 Å². The summed E-state index contributed by atoms with van der Waals surface area (Å²) in [7, 11) is -3.77. The number of rotatable bonds is 10. The monoisotopic (exact) mass is 507 g/mol. The second kappa shape index (κ2) is 11.7. The van der Waals surface area contributed by atoms with E-state index in [2.05, 4.69) is 5.32 Å². The highest BCUT2D eigenvalue weighted by Crippen LogP contribution is 2.25. The summed E-state index contributed by atoms with van der Waals surface area (Å²) in [5, 5.41) is 3.31. The lowest BCUT2D eigenvalue weighted by Gasteiger charge is -2.32. The lowest BCUT2D eigenvalue weighted by Crippen LogP contribution is -2.51. The van der Waals surface area contributed by atoms with Crippen LogP contribution in [0.5, 0.6) is 0 Å². The lowest BCUT2D eigenvalue weighted by molar-refractivity contribution is -0.139. The van der Waals surface area contributed by atoms with E-state index < -0.39 is 28.5 Å². The number of nitrogens with zero attached hydrogens (tertiary/aromatic N) is 2. The number of anilines is 1. The van der Waals surface area contributed by atoms with Gasteiger partial charge in [0.15, 0.2) is 0 Å². The highest BCUT2D eigenvalue weighted by atomic mass is 35.5. The Morgan fingerprint density at radius 3 is 2.26 bits per heavy atom. The number of hydrogen-bond acceptors (Lipinski definition) is 4. The van der Waals surface area contributed by atoms with Crippen LogP contribution in [0.15, 0.2) is 42.5 Å². The molecule has 0 fully saturated rings. The molecule has 2 aromatic carbocycles. The second-order valence-corrected chi connectivity index (χ2v) is 11.3. The zero-order valence-electron chi connectivity index (χ0n) is 20.6. The van der Waals surface area contributed by atoms with Gasteiger partial charge in [-0.05, 0) is 49.9 Å². The summed E-state index contributed by atoms with van der Waals surface area (Å²) in [5.74, 6) is -0.571. The molecule has 0 aliphatic carbocycles. The summed E-state index contributed by atoms with van der Waals surface area (Å²) < 4.78 is 26.4. The molecule has 0 heterocycles. The van der Waals surface area contributed by atoms with E-state index in [0.29, 0.717) is 22.8 Å². The fourth-order valence-corrected chi connectivity index (χ4v) is 4.63. The Bertz CT molecular complexity index is 1130. The SMILES string of the molecule is Cc1ccc(N(CC(=O)N(Cc2ccccc2Cl)[C@@H](C)C(=O)NCC(C)C)S(C)(=O)=O)c(C)c1. The molecule has 0 aliphatic rings. The van der Waals surface area contributed by atoms with Crippen LogP contribution in [0, 0.1) is 19.8 Å². The first-order valence-corrected chi connectivity index (χ1v) is 13.4. The minimum Gasteiger partial charge on any atom is -0.354 e. The topological polar surface area (TPSA) is 86.8 Å². The highest BCUT2D eigenvalue weighted by Gasteiger charge is 2.30. The molecule has 34 heavy (non-hydrogen) atoms. The van der Waals surface area contributed by atoms with Crippen molar-refractivity contribution in [3.63, 3.8) is 0 Å². The molecule has 2 aromatic rings. The predicted molar refractivity (Wildman–Crippen MR) is 137 cm³/mol. The van der Waals surface area contributed by atoms with Gasteiger partial charge in [-0.25, -0.2) is 8.42 Å². The van der Waals surface area contributed by atoms with Crippen molar-refractivity contribution in [3.8, 4) is 0 Å². The zero-order chi connectivity index (χ0) is 25.6. The molecule has 9 heteroatoms. The maximum atomic E-state index is 13.5. The smallest absolute Gasteiger partial charge is 0.244 e. The van der Waals surface area contributed by atoms with Gasteiger partial charge < -0.3 is 10.2 Å². The molecule has 0 unspecified atom stereocenters. The minimum absolute atomic E-state index is 0.0687. The fourth-order valence-electron chi connectivity index (χ4n) is 3.53. The minimum atomic E-state index is -3.77. The first kappa shape index (κ1) is 27.7. The van der Waals surface area contributed by atoms with Crippen molar-refractivity contribution in [2.75, 3.05) is 23.7 Å². The predicted octanol–water partition coefficient (Wildman–Crippen LogP) is 3.91. The lowest BCUT2D eigenvalue weighted by atomic mass is 10.1. The van der Waals surface area contributed by atoms with Crippen LogP contribution in [0.4, 0.5) is 5.69 Å². The molecule has 0 saturated heterocycles. The van der Waals surface area contributed by atoms with Crippen molar-refractivity contribution in [1.29, 1.82) is 0 Å². The Hall–Kier alpha value is -2.58. The van der Waals surface area contributed by atoms with Gasteiger partial charge in [-0.1, -0.05) is 61.3 Å². The van der Waals surface area contributed by atoms with E-state index in [9.17, 15) is 18.0 Å². The number of hydrogen-bond donors (Lipinski definition) is 1. The van der Waals surface area contributed by atoms with Gasteiger partial charge in [0.05, 0.1) is 11.9 Å². The zero-order valence-corrected chi connectivity index (χ0v) is 22.2. The summed E-state index contributed by atoms with van der Waals surface area (Å²) in [4.78, 5) is 27.8. The number of aryl methyl sites for hydroxylation is 2. The molecule has 186 valence electrons. The number of benzene rings is 2. The van der Waals surface area contributed by atoms with E-state index in [1.807, 2.05) is 26.8 Å². The number of halogens is 1. The Kier molecular flexibility index (Phi) is 9.53. The first-order chi connectivity index (χ1) is 15.8. The van der Waals surface area contributed by atoms with Gasteiger partial charge in [0, 0.05) is 18.1 Å². The van der Waals surface area contributed by atoms with Gasteiger partial charge in [0.25, 0.3) is 0 Å². The Morgan fingerprint density at radius 2 is 1.71 bits per heavy atom. The highest BCUT2D eigenvalue weighted by molar-refractivity contribution is 7.92. The van der Waals surface area contributed by atoms with Crippen LogP contribution < -0.4 is 9.62 Å². The van der Waals surface area contributed by atoms with Crippen molar-refractivity contribution in [2.45, 2.75) is 47.2 Å². The summed E-state index contributed by atoms with van der Waals surface area (Å²) in [5.41, 5.74) is 2.81. The number of sulfonamides is 1. The van der Waals surface area contributed by atoms with Crippen LogP contribution in [0.2, 0.25) is 5.02 Å². The third kappa shape index (κ3) is 7.46. The summed E-state index contributed by atoms with van der Waals surface area (Å²) in [6.45, 7) is 9.40. The molecular weight excluding hydrogens is 474 g/mol. The standard InChI is InChI=1S/C25H34ClN3O4S/c1-17(2)14-27-25(31)20(5)28(15-21-9-7-8-10-22(21)26)24(30)16-29(34(6,32)33)23-12-11-18(3)13-19(23)4/h7-13,17,20H,14-16H2,1-6H3,(H,27,31)/t20-/m0/s1. The van der Waals surface area contributed by atoms with Crippen LogP contribution in [0.25, 0.3) is 0 Å². The molecule has 0 spiro atoms. The second-order valence-electron chi connectivity index (χ2n) is 8.99. The van der Waals surface area contributed by atoms with E-state index in [-0.39, 0.29) is 18.4 Å². The average Bonchev–Trinajstić information content (AvgIpc) is 2.74. The van der Waals surface area contributed by atoms with Crippen LogP contribution >= 0.6 is 11.6 Å². The molecule has 0 aliphatic heterocycles. The van der Waals surface area contributed by atoms with Gasteiger partial charge in [0.2, 0.25) is 21.8 Å². The molecule has 0 bridgehead atoms. The van der Waals surface area contributed by atoms with Crippen molar-refractivity contribution >= 4 is 39.1 Å². The molecule has 1 atom stereocenters. The number of carbonyl (C=O) groups excluding carboxylic acids is 2. The van der Waals surface area contributed by atoms with Gasteiger partial charge in [-0.2, -0.15) is 0 Å². The Balaban J connectivity index is 2.41.